The molecule has 0 atom stereocenters. The number of hydrogen-bond donors (Lipinski definition) is 1. The summed E-state index contributed by atoms with van der Waals surface area (Å²) in [6.07, 6.45) is 1.81. The number of fused-ring (bicyclic) bond motifs is 2. The van der Waals surface area contributed by atoms with Crippen molar-refractivity contribution in [3.8, 4) is 0 Å². The van der Waals surface area contributed by atoms with Crippen molar-refractivity contribution in [3.63, 3.8) is 0 Å². The molecule has 0 saturated heterocycles. The van der Waals surface area contributed by atoms with Crippen LogP contribution in [0.1, 0.15) is 69.4 Å². The molecule has 0 unspecified atom stereocenters. The van der Waals surface area contributed by atoms with Crippen LogP contribution in [0.2, 0.25) is 0 Å². The molecule has 3 aromatic heterocycles. The van der Waals surface area contributed by atoms with Gasteiger partial charge in [0.05, 0.1) is 23.8 Å². The predicted molar refractivity (Wildman–Crippen MR) is 116 cm³/mol. The first-order chi connectivity index (χ1) is 15.4. The molecule has 1 fully saturated rings. The third kappa shape index (κ3) is 3.56. The number of ether oxygens (including phenoxy) is 1. The molecule has 0 radical (unpaired) electrons. The van der Waals surface area contributed by atoms with E-state index >= 15 is 0 Å². The molecule has 0 spiro atoms. The number of pyridine rings is 1. The molecule has 0 bridgehead atoms. The lowest BCUT2D eigenvalue weighted by molar-refractivity contribution is -0.116. The maximum atomic E-state index is 13.7. The molecule has 0 aromatic carbocycles. The largest absolute Gasteiger partial charge is 0.465 e. The van der Waals surface area contributed by atoms with Crippen LogP contribution in [0.5, 0.6) is 0 Å². The second-order valence-corrected chi connectivity index (χ2v) is 9.36. The Morgan fingerprint density at radius 1 is 1.34 bits per heavy atom. The van der Waals surface area contributed by atoms with Crippen molar-refractivity contribution >= 4 is 39.2 Å². The van der Waals surface area contributed by atoms with Gasteiger partial charge in [-0.2, -0.15) is 5.10 Å². The molecule has 1 saturated carbocycles. The smallest absolute Gasteiger partial charge is 0.341 e. The van der Waals surface area contributed by atoms with Gasteiger partial charge in [0.2, 0.25) is 5.91 Å². The lowest BCUT2D eigenvalue weighted by atomic mass is 10.1. The fourth-order valence-corrected chi connectivity index (χ4v) is 5.68. The zero-order valence-corrected chi connectivity index (χ0v) is 18.5. The maximum absolute atomic E-state index is 13.7. The van der Waals surface area contributed by atoms with Crippen LogP contribution in [0.4, 0.5) is 13.8 Å². The standard InChI is InChI=1S/C22H22F2N4O3S/c1-10-17-13(19(23)24)8-14(11-6-7-11)25-20(17)28(27-10)9-16(29)26-21-18(22(30)31-2)12-4-3-5-15(12)32-21/h8,11,19H,3-7,9H2,1-2H3,(H,26,29). The molecule has 1 amide bonds. The van der Waals surface area contributed by atoms with Gasteiger partial charge in [0.1, 0.15) is 11.5 Å². The number of amides is 1. The summed E-state index contributed by atoms with van der Waals surface area (Å²) in [5, 5.41) is 7.89. The molecule has 7 nitrogen and oxygen atoms in total. The van der Waals surface area contributed by atoms with E-state index in [1.807, 2.05) is 0 Å². The highest BCUT2D eigenvalue weighted by molar-refractivity contribution is 7.17. The number of carbonyl (C=O) groups is 2. The Morgan fingerprint density at radius 3 is 2.81 bits per heavy atom. The van der Waals surface area contributed by atoms with Crippen LogP contribution in [0.3, 0.4) is 0 Å². The summed E-state index contributed by atoms with van der Waals surface area (Å²) < 4.78 is 33.8. The Morgan fingerprint density at radius 2 is 2.12 bits per heavy atom. The highest BCUT2D eigenvalue weighted by atomic mass is 32.1. The van der Waals surface area contributed by atoms with Gasteiger partial charge in [-0.25, -0.2) is 23.2 Å². The third-order valence-corrected chi connectivity index (χ3v) is 7.22. The number of nitrogens with zero attached hydrogens (tertiary/aromatic N) is 3. The normalized spacial score (nSPS) is 15.4. The average Bonchev–Trinajstić information content (AvgIpc) is 3.32. The molecule has 2 aliphatic rings. The molecule has 10 heteroatoms. The van der Waals surface area contributed by atoms with E-state index in [0.717, 1.165) is 42.5 Å². The van der Waals surface area contributed by atoms with E-state index in [0.29, 0.717) is 33.0 Å². The molecule has 0 aliphatic heterocycles. The minimum atomic E-state index is -2.65. The topological polar surface area (TPSA) is 86.1 Å². The first-order valence-corrected chi connectivity index (χ1v) is 11.4. The van der Waals surface area contributed by atoms with Gasteiger partial charge < -0.3 is 10.1 Å². The van der Waals surface area contributed by atoms with Crippen molar-refractivity contribution in [3.05, 3.63) is 39.0 Å². The average molecular weight is 461 g/mol. The number of aromatic nitrogens is 3. The van der Waals surface area contributed by atoms with E-state index in [-0.39, 0.29) is 18.0 Å². The molecular weight excluding hydrogens is 438 g/mol. The Labute approximate surface area is 186 Å². The van der Waals surface area contributed by atoms with Crippen molar-refractivity contribution in [1.82, 2.24) is 14.8 Å². The SMILES string of the molecule is COC(=O)c1c(NC(=O)Cn2nc(C)c3c(C(F)F)cc(C4CC4)nc32)sc2c1CCC2. The van der Waals surface area contributed by atoms with Crippen LogP contribution in [-0.2, 0) is 28.9 Å². The summed E-state index contributed by atoms with van der Waals surface area (Å²) >= 11 is 1.38. The quantitative estimate of drug-likeness (QED) is 0.546. The molecule has 1 N–H and O–H groups in total. The van der Waals surface area contributed by atoms with E-state index in [9.17, 15) is 18.4 Å². The van der Waals surface area contributed by atoms with E-state index < -0.39 is 18.3 Å². The number of halogens is 2. The lowest BCUT2D eigenvalue weighted by Gasteiger charge is -2.09. The van der Waals surface area contributed by atoms with Gasteiger partial charge in [-0.3, -0.25) is 4.79 Å². The fraction of sp³-hybridized carbons (Fsp3) is 0.455. The maximum Gasteiger partial charge on any atom is 0.341 e. The van der Waals surface area contributed by atoms with E-state index in [1.165, 1.54) is 29.2 Å². The van der Waals surface area contributed by atoms with Crippen LogP contribution >= 0.6 is 11.3 Å². The summed E-state index contributed by atoms with van der Waals surface area (Å²) in [4.78, 5) is 30.9. The molecule has 5 rings (SSSR count). The van der Waals surface area contributed by atoms with Crippen molar-refractivity contribution in [2.75, 3.05) is 12.4 Å². The van der Waals surface area contributed by atoms with Gasteiger partial charge in [-0.1, -0.05) is 0 Å². The van der Waals surface area contributed by atoms with Crippen LogP contribution in [0, 0.1) is 6.92 Å². The molecule has 3 aromatic rings. The first kappa shape index (κ1) is 21.0. The van der Waals surface area contributed by atoms with E-state index in [1.54, 1.807) is 6.92 Å². The highest BCUT2D eigenvalue weighted by Gasteiger charge is 2.30. The predicted octanol–water partition coefficient (Wildman–Crippen LogP) is 4.53. The first-order valence-electron chi connectivity index (χ1n) is 10.6. The van der Waals surface area contributed by atoms with Crippen molar-refractivity contribution in [2.24, 2.45) is 0 Å². The summed E-state index contributed by atoms with van der Waals surface area (Å²) in [6, 6.07) is 1.47. The number of aryl methyl sites for hydroxylation is 2. The minimum Gasteiger partial charge on any atom is -0.465 e. The monoisotopic (exact) mass is 460 g/mol. The zero-order chi connectivity index (χ0) is 22.6. The Hall–Kier alpha value is -2.88. The molecule has 168 valence electrons. The number of esters is 1. The van der Waals surface area contributed by atoms with Crippen molar-refractivity contribution in [1.29, 1.82) is 0 Å². The van der Waals surface area contributed by atoms with Crippen LogP contribution in [-0.4, -0.2) is 33.8 Å². The van der Waals surface area contributed by atoms with Crippen LogP contribution in [0.25, 0.3) is 11.0 Å². The molecule has 2 aliphatic carbocycles. The number of rotatable bonds is 6. The van der Waals surface area contributed by atoms with Gasteiger partial charge >= 0.3 is 5.97 Å². The molecule has 3 heterocycles. The second-order valence-electron chi connectivity index (χ2n) is 8.25. The summed E-state index contributed by atoms with van der Waals surface area (Å²) in [7, 11) is 1.31. The van der Waals surface area contributed by atoms with Crippen molar-refractivity contribution in [2.45, 2.75) is 57.9 Å². The molecule has 32 heavy (non-hydrogen) atoms. The fourth-order valence-electron chi connectivity index (χ4n) is 4.39. The number of alkyl halides is 2. The second kappa shape index (κ2) is 7.91. The number of thiophene rings is 1. The number of methoxy groups -OCH3 is 1. The van der Waals surface area contributed by atoms with Gasteiger partial charge in [-0.15, -0.1) is 11.3 Å². The van der Waals surface area contributed by atoms with Gasteiger partial charge in [0.15, 0.2) is 5.65 Å². The van der Waals surface area contributed by atoms with Crippen LogP contribution < -0.4 is 5.32 Å². The Balaban J connectivity index is 1.47. The van der Waals surface area contributed by atoms with Crippen molar-refractivity contribution < 1.29 is 23.1 Å². The number of nitrogens with one attached hydrogen (secondary N) is 1. The van der Waals surface area contributed by atoms with E-state index in [4.69, 9.17) is 4.74 Å². The Bertz CT molecular complexity index is 1250. The number of anilines is 1. The number of carbonyl (C=O) groups excluding carboxylic acids is 2. The highest BCUT2D eigenvalue weighted by Crippen LogP contribution is 2.42. The van der Waals surface area contributed by atoms with E-state index in [2.05, 4.69) is 15.4 Å². The summed E-state index contributed by atoms with van der Waals surface area (Å²) in [5.41, 5.74) is 2.58. The summed E-state index contributed by atoms with van der Waals surface area (Å²) in [6.45, 7) is 1.44. The summed E-state index contributed by atoms with van der Waals surface area (Å²) in [5.74, 6) is -0.695. The van der Waals surface area contributed by atoms with Gasteiger partial charge in [-0.05, 0) is 50.7 Å². The zero-order valence-electron chi connectivity index (χ0n) is 17.7. The minimum absolute atomic E-state index is 0.0938. The van der Waals surface area contributed by atoms with Crippen LogP contribution in [0.15, 0.2) is 6.07 Å². The van der Waals surface area contributed by atoms with Gasteiger partial charge in [0.25, 0.3) is 6.43 Å². The number of hydrogen-bond acceptors (Lipinski definition) is 6. The molecular formula is C22H22F2N4O3S. The third-order valence-electron chi connectivity index (χ3n) is 6.02. The van der Waals surface area contributed by atoms with Gasteiger partial charge in [0, 0.05) is 22.1 Å². The Kier molecular flexibility index (Phi) is 5.19. The lowest BCUT2D eigenvalue weighted by Crippen LogP contribution is -2.21.